The molecule has 1 heterocycles. The summed E-state index contributed by atoms with van der Waals surface area (Å²) in [6, 6.07) is 31.4. The topological polar surface area (TPSA) is 74.8 Å². The van der Waals surface area contributed by atoms with Gasteiger partial charge in [0, 0.05) is 27.8 Å². The molecule has 2 N–H and O–H groups in total. The maximum atomic E-state index is 13.2. The second-order valence-electron chi connectivity index (χ2n) is 7.84. The minimum atomic E-state index is -0.222. The fourth-order valence-corrected chi connectivity index (χ4v) is 3.75. The Balaban J connectivity index is 1.36. The van der Waals surface area contributed by atoms with Gasteiger partial charge in [-0.05, 0) is 48.0 Å². The Labute approximate surface area is 196 Å². The van der Waals surface area contributed by atoms with Crippen LogP contribution in [0.4, 0.5) is 5.69 Å². The number of benzene rings is 4. The first kappa shape index (κ1) is 21.1. The molecular weight excluding hydrogens is 422 g/mol. The molecule has 0 atom stereocenters. The highest BCUT2D eigenvalue weighted by molar-refractivity contribution is 6.12. The number of fused-ring (bicyclic) bond motifs is 1. The van der Waals surface area contributed by atoms with Crippen molar-refractivity contribution < 1.29 is 9.59 Å². The smallest absolute Gasteiger partial charge is 0.255 e. The van der Waals surface area contributed by atoms with Crippen LogP contribution < -0.4 is 5.32 Å². The summed E-state index contributed by atoms with van der Waals surface area (Å²) in [6.45, 7) is 0. The summed E-state index contributed by atoms with van der Waals surface area (Å²) in [5.41, 5.74) is 4.84. The quantitative estimate of drug-likeness (QED) is 0.306. The molecule has 0 radical (unpaired) electrons. The second kappa shape index (κ2) is 9.38. The number of hydrogen-bond donors (Lipinski definition) is 2. The van der Waals surface area contributed by atoms with Crippen LogP contribution in [0.25, 0.3) is 23.1 Å². The molecule has 0 aliphatic carbocycles. The fraction of sp³-hybridized carbons (Fsp3) is 0. The molecule has 5 heteroatoms. The zero-order valence-electron chi connectivity index (χ0n) is 18.2. The van der Waals surface area contributed by atoms with Gasteiger partial charge in [-0.2, -0.15) is 5.10 Å². The molecule has 0 spiro atoms. The monoisotopic (exact) mass is 443 g/mol. The van der Waals surface area contributed by atoms with Gasteiger partial charge < -0.3 is 5.32 Å². The first-order valence-corrected chi connectivity index (χ1v) is 10.9. The lowest BCUT2D eigenvalue weighted by Gasteiger charge is -2.07. The van der Waals surface area contributed by atoms with Gasteiger partial charge in [-0.1, -0.05) is 72.8 Å². The average molecular weight is 444 g/mol. The van der Waals surface area contributed by atoms with E-state index >= 15 is 0 Å². The van der Waals surface area contributed by atoms with Crippen molar-refractivity contribution in [3.63, 3.8) is 0 Å². The fourth-order valence-electron chi connectivity index (χ4n) is 3.75. The number of nitrogens with one attached hydrogen (secondary N) is 2. The van der Waals surface area contributed by atoms with E-state index in [1.807, 2.05) is 66.7 Å². The van der Waals surface area contributed by atoms with Crippen LogP contribution >= 0.6 is 0 Å². The number of nitrogens with zero attached hydrogens (tertiary/aromatic N) is 1. The van der Waals surface area contributed by atoms with Gasteiger partial charge in [0.2, 0.25) is 0 Å². The number of H-pyrrole nitrogens is 1. The van der Waals surface area contributed by atoms with Gasteiger partial charge in [-0.25, -0.2) is 0 Å². The number of aromatic amines is 1. The lowest BCUT2D eigenvalue weighted by atomic mass is 10.0. The zero-order chi connectivity index (χ0) is 23.3. The van der Waals surface area contributed by atoms with Crippen molar-refractivity contribution in [3.05, 3.63) is 131 Å². The van der Waals surface area contributed by atoms with Crippen LogP contribution in [0.2, 0.25) is 0 Å². The largest absolute Gasteiger partial charge is 0.322 e. The van der Waals surface area contributed by atoms with Gasteiger partial charge in [0.15, 0.2) is 5.78 Å². The van der Waals surface area contributed by atoms with E-state index < -0.39 is 0 Å². The van der Waals surface area contributed by atoms with Crippen molar-refractivity contribution in [2.24, 2.45) is 0 Å². The first-order valence-electron chi connectivity index (χ1n) is 10.9. The van der Waals surface area contributed by atoms with Gasteiger partial charge >= 0.3 is 0 Å². The summed E-state index contributed by atoms with van der Waals surface area (Å²) in [7, 11) is 0. The zero-order valence-corrected chi connectivity index (χ0v) is 18.2. The molecule has 5 rings (SSSR count). The Morgan fingerprint density at radius 3 is 2.21 bits per heavy atom. The Morgan fingerprint density at radius 2 is 1.41 bits per heavy atom. The maximum Gasteiger partial charge on any atom is 0.255 e. The highest BCUT2D eigenvalue weighted by atomic mass is 16.1. The molecule has 1 amide bonds. The van der Waals surface area contributed by atoms with Crippen LogP contribution in [0.5, 0.6) is 0 Å². The first-order chi connectivity index (χ1) is 16.7. The molecule has 0 aliphatic heterocycles. The predicted molar refractivity (Wildman–Crippen MR) is 136 cm³/mol. The van der Waals surface area contributed by atoms with E-state index in [1.165, 1.54) is 0 Å². The minimum absolute atomic E-state index is 0.131. The summed E-state index contributed by atoms with van der Waals surface area (Å²) in [4.78, 5) is 25.6. The van der Waals surface area contributed by atoms with Crippen molar-refractivity contribution >= 4 is 40.4 Å². The van der Waals surface area contributed by atoms with E-state index in [2.05, 4.69) is 15.5 Å². The van der Waals surface area contributed by atoms with Gasteiger partial charge in [-0.15, -0.1) is 0 Å². The van der Waals surface area contributed by atoms with E-state index in [9.17, 15) is 9.59 Å². The van der Waals surface area contributed by atoms with E-state index in [1.54, 1.807) is 48.5 Å². The second-order valence-corrected chi connectivity index (χ2v) is 7.84. The Kier molecular flexibility index (Phi) is 5.82. The number of hydrogen-bond acceptors (Lipinski definition) is 3. The van der Waals surface area contributed by atoms with E-state index in [-0.39, 0.29) is 11.7 Å². The predicted octanol–water partition coefficient (Wildman–Crippen LogP) is 6.22. The van der Waals surface area contributed by atoms with Crippen molar-refractivity contribution in [1.82, 2.24) is 10.2 Å². The van der Waals surface area contributed by atoms with Crippen LogP contribution in [0.15, 0.2) is 103 Å². The van der Waals surface area contributed by atoms with Gasteiger partial charge in [0.25, 0.3) is 5.91 Å². The van der Waals surface area contributed by atoms with Gasteiger partial charge in [0.05, 0.1) is 11.2 Å². The number of anilines is 1. The number of rotatable bonds is 6. The van der Waals surface area contributed by atoms with Crippen LogP contribution in [0.3, 0.4) is 0 Å². The van der Waals surface area contributed by atoms with Crippen molar-refractivity contribution in [2.75, 3.05) is 5.32 Å². The minimum Gasteiger partial charge on any atom is -0.322 e. The average Bonchev–Trinajstić information content (AvgIpc) is 3.30. The third kappa shape index (κ3) is 4.54. The molecule has 164 valence electrons. The number of aromatic nitrogens is 2. The Morgan fingerprint density at radius 1 is 0.706 bits per heavy atom. The molecule has 0 bridgehead atoms. The van der Waals surface area contributed by atoms with Crippen LogP contribution in [0, 0.1) is 0 Å². The molecule has 0 fully saturated rings. The molecule has 0 saturated heterocycles. The molecular formula is C29H21N3O2. The maximum absolute atomic E-state index is 13.2. The van der Waals surface area contributed by atoms with Crippen molar-refractivity contribution in [2.45, 2.75) is 0 Å². The summed E-state index contributed by atoms with van der Waals surface area (Å²) in [6.07, 6.45) is 3.96. The number of amides is 1. The number of carbonyl (C=O) groups is 2. The number of carbonyl (C=O) groups excluding carboxylic acids is 2. The third-order valence-corrected chi connectivity index (χ3v) is 5.51. The van der Waals surface area contributed by atoms with E-state index in [0.717, 1.165) is 22.2 Å². The molecule has 0 aliphatic rings. The Hall–Kier alpha value is -4.77. The summed E-state index contributed by atoms with van der Waals surface area (Å²) in [5.74, 6) is -0.353. The highest BCUT2D eigenvalue weighted by Gasteiger charge is 2.13. The Bertz CT molecular complexity index is 1500. The molecule has 1 aromatic heterocycles. The molecule has 0 saturated carbocycles. The van der Waals surface area contributed by atoms with Gasteiger partial charge in [0.1, 0.15) is 0 Å². The SMILES string of the molecule is O=C(Nc1cccc(C(=O)c2ccc3c(/C=C/c4ccccc4)n[nH]c3c2)c1)c1ccccc1. The van der Waals surface area contributed by atoms with Crippen LogP contribution in [-0.2, 0) is 0 Å². The standard InChI is InChI=1S/C29H21N3O2/c33-28(22-12-7-13-24(18-22)30-29(34)21-10-5-2-6-11-21)23-15-16-25-26(31-32-27(25)19-23)17-14-20-8-3-1-4-9-20/h1-19H,(H,30,34)(H,31,32)/b17-14+. The van der Waals surface area contributed by atoms with Crippen LogP contribution in [-0.4, -0.2) is 21.9 Å². The molecule has 34 heavy (non-hydrogen) atoms. The van der Waals surface area contributed by atoms with Crippen molar-refractivity contribution in [3.8, 4) is 0 Å². The van der Waals surface area contributed by atoms with E-state index in [0.29, 0.717) is 22.4 Å². The highest BCUT2D eigenvalue weighted by Crippen LogP contribution is 2.22. The van der Waals surface area contributed by atoms with E-state index in [4.69, 9.17) is 0 Å². The summed E-state index contributed by atoms with van der Waals surface area (Å²) >= 11 is 0. The summed E-state index contributed by atoms with van der Waals surface area (Å²) in [5, 5.41) is 11.2. The van der Waals surface area contributed by atoms with Crippen molar-refractivity contribution in [1.29, 1.82) is 0 Å². The lowest BCUT2D eigenvalue weighted by molar-refractivity contribution is 0.102. The number of ketones is 1. The summed E-state index contributed by atoms with van der Waals surface area (Å²) < 4.78 is 0. The molecule has 5 nitrogen and oxygen atoms in total. The normalized spacial score (nSPS) is 11.1. The van der Waals surface area contributed by atoms with Gasteiger partial charge in [-0.3, -0.25) is 14.7 Å². The molecule has 4 aromatic carbocycles. The molecule has 5 aromatic rings. The third-order valence-electron chi connectivity index (χ3n) is 5.51. The molecule has 0 unspecified atom stereocenters. The van der Waals surface area contributed by atoms with Crippen LogP contribution in [0.1, 0.15) is 37.5 Å². The lowest BCUT2D eigenvalue weighted by Crippen LogP contribution is -2.12.